The number of rotatable bonds is 5. The lowest BCUT2D eigenvalue weighted by atomic mass is 10.1. The molecular formula is C30H37N5O2. The number of fused-ring (bicyclic) bond motifs is 3. The Bertz CT molecular complexity index is 1220. The van der Waals surface area contributed by atoms with E-state index in [2.05, 4.69) is 41.2 Å². The average Bonchev–Trinajstić information content (AvgIpc) is 3.51. The minimum absolute atomic E-state index is 0.0343. The molecule has 37 heavy (non-hydrogen) atoms. The Kier molecular flexibility index (Phi) is 7.70. The molecule has 0 unspecified atom stereocenters. The molecule has 3 aromatic rings. The summed E-state index contributed by atoms with van der Waals surface area (Å²) in [7, 11) is 0. The fourth-order valence-corrected chi connectivity index (χ4v) is 5.88. The second kappa shape index (κ2) is 11.3. The number of anilines is 1. The number of hydrogen-bond acceptors (Lipinski definition) is 4. The molecule has 2 bridgehead atoms. The third-order valence-electron chi connectivity index (χ3n) is 7.72. The molecule has 2 amide bonds. The number of amides is 2. The van der Waals surface area contributed by atoms with Gasteiger partial charge in [0.25, 0.3) is 5.91 Å². The van der Waals surface area contributed by atoms with E-state index in [-0.39, 0.29) is 17.9 Å². The second-order valence-corrected chi connectivity index (χ2v) is 10.3. The zero-order valence-electron chi connectivity index (χ0n) is 21.9. The van der Waals surface area contributed by atoms with Crippen LogP contribution in [0.2, 0.25) is 0 Å². The summed E-state index contributed by atoms with van der Waals surface area (Å²) in [6.07, 6.45) is 5.87. The predicted molar refractivity (Wildman–Crippen MR) is 145 cm³/mol. The number of hydrogen-bond donors (Lipinski definition) is 0. The lowest BCUT2D eigenvalue weighted by molar-refractivity contribution is -0.116. The maximum atomic E-state index is 13.9. The van der Waals surface area contributed by atoms with E-state index in [4.69, 9.17) is 0 Å². The molecular weight excluding hydrogens is 462 g/mol. The monoisotopic (exact) mass is 499 g/mol. The molecule has 1 aromatic heterocycles. The number of para-hydroxylation sites is 1. The van der Waals surface area contributed by atoms with Crippen LogP contribution in [0.5, 0.6) is 0 Å². The maximum absolute atomic E-state index is 13.9. The average molecular weight is 500 g/mol. The van der Waals surface area contributed by atoms with Crippen molar-refractivity contribution in [3.05, 3.63) is 83.7 Å². The summed E-state index contributed by atoms with van der Waals surface area (Å²) < 4.78 is 1.85. The Morgan fingerprint density at radius 3 is 2.49 bits per heavy atom. The van der Waals surface area contributed by atoms with Crippen molar-refractivity contribution in [3.8, 4) is 0 Å². The van der Waals surface area contributed by atoms with Crippen molar-refractivity contribution in [3.63, 3.8) is 0 Å². The Balaban J connectivity index is 1.52. The summed E-state index contributed by atoms with van der Waals surface area (Å²) in [5.74, 6) is -0.0200. The fraction of sp³-hybridized carbons (Fsp3) is 0.433. The highest BCUT2D eigenvalue weighted by Gasteiger charge is 2.37. The summed E-state index contributed by atoms with van der Waals surface area (Å²) in [4.78, 5) is 33.1. The van der Waals surface area contributed by atoms with Crippen molar-refractivity contribution in [2.24, 2.45) is 0 Å². The van der Waals surface area contributed by atoms with Crippen molar-refractivity contribution in [1.29, 1.82) is 0 Å². The van der Waals surface area contributed by atoms with Gasteiger partial charge >= 0.3 is 0 Å². The molecule has 0 N–H and O–H groups in total. The van der Waals surface area contributed by atoms with Crippen molar-refractivity contribution < 1.29 is 9.59 Å². The zero-order chi connectivity index (χ0) is 25.8. The number of aryl methyl sites for hydroxylation is 1. The van der Waals surface area contributed by atoms with E-state index in [1.54, 1.807) is 6.92 Å². The maximum Gasteiger partial charge on any atom is 0.274 e. The third-order valence-corrected chi connectivity index (χ3v) is 7.72. The summed E-state index contributed by atoms with van der Waals surface area (Å²) >= 11 is 0. The van der Waals surface area contributed by atoms with E-state index >= 15 is 0 Å². The van der Waals surface area contributed by atoms with E-state index in [1.807, 2.05) is 57.1 Å². The van der Waals surface area contributed by atoms with Crippen molar-refractivity contribution in [1.82, 2.24) is 19.6 Å². The number of aromatic nitrogens is 2. The van der Waals surface area contributed by atoms with Crippen LogP contribution in [0.4, 0.5) is 5.69 Å². The van der Waals surface area contributed by atoms with Crippen LogP contribution >= 0.6 is 0 Å². The smallest absolute Gasteiger partial charge is 0.274 e. The first kappa shape index (κ1) is 25.2. The minimum atomic E-state index is -0.0543. The van der Waals surface area contributed by atoms with E-state index in [1.165, 1.54) is 5.56 Å². The first-order chi connectivity index (χ1) is 18.0. The lowest BCUT2D eigenvalue weighted by Gasteiger charge is -2.33. The second-order valence-electron chi connectivity index (χ2n) is 10.3. The first-order valence-corrected chi connectivity index (χ1v) is 13.5. The quantitative estimate of drug-likeness (QED) is 0.509. The molecule has 2 aliphatic rings. The molecule has 5 rings (SSSR count). The Morgan fingerprint density at radius 2 is 1.70 bits per heavy atom. The zero-order valence-corrected chi connectivity index (χ0v) is 21.9. The van der Waals surface area contributed by atoms with E-state index in [9.17, 15) is 9.59 Å². The molecule has 2 atom stereocenters. The van der Waals surface area contributed by atoms with Crippen LogP contribution in [0, 0.1) is 0 Å². The number of benzene rings is 2. The molecule has 2 aromatic carbocycles. The largest absolute Gasteiger partial charge is 0.331 e. The Hall–Kier alpha value is -3.45. The van der Waals surface area contributed by atoms with Gasteiger partial charge in [-0.15, -0.1) is 0 Å². The summed E-state index contributed by atoms with van der Waals surface area (Å²) in [6.45, 7) is 7.13. The Morgan fingerprint density at radius 1 is 0.946 bits per heavy atom. The van der Waals surface area contributed by atoms with E-state index in [0.717, 1.165) is 50.0 Å². The molecule has 7 heteroatoms. The SMILES string of the molecule is CCCn1ccc(C(=O)N2Cc3ccccc3N(C(C)=O)CC[C@@H]3CC[C@H](C2)N3Cc2ccccc2)n1. The highest BCUT2D eigenvalue weighted by molar-refractivity contribution is 5.94. The van der Waals surface area contributed by atoms with Gasteiger partial charge in [0, 0.05) is 63.6 Å². The normalized spacial score (nSPS) is 20.4. The molecule has 7 nitrogen and oxygen atoms in total. The summed E-state index contributed by atoms with van der Waals surface area (Å²) in [5, 5.41) is 4.58. The minimum Gasteiger partial charge on any atom is -0.331 e. The molecule has 3 heterocycles. The highest BCUT2D eigenvalue weighted by atomic mass is 16.2. The topological polar surface area (TPSA) is 61.7 Å². The van der Waals surface area contributed by atoms with Crippen molar-refractivity contribution in [2.45, 2.75) is 71.2 Å². The first-order valence-electron chi connectivity index (χ1n) is 13.5. The van der Waals surface area contributed by atoms with Crippen molar-refractivity contribution in [2.75, 3.05) is 18.0 Å². The van der Waals surface area contributed by atoms with Gasteiger partial charge in [0.2, 0.25) is 5.91 Å². The lowest BCUT2D eigenvalue weighted by Crippen LogP contribution is -2.45. The van der Waals surface area contributed by atoms with Crippen LogP contribution in [0.1, 0.15) is 61.1 Å². The summed E-state index contributed by atoms with van der Waals surface area (Å²) in [5.41, 5.74) is 3.65. The molecule has 1 saturated heterocycles. The van der Waals surface area contributed by atoms with Crippen LogP contribution in [-0.4, -0.2) is 56.6 Å². The molecule has 0 spiro atoms. The van der Waals surface area contributed by atoms with Gasteiger partial charge in [-0.1, -0.05) is 55.5 Å². The van der Waals surface area contributed by atoms with Crippen molar-refractivity contribution >= 4 is 17.5 Å². The van der Waals surface area contributed by atoms with Crippen LogP contribution in [-0.2, 0) is 24.4 Å². The van der Waals surface area contributed by atoms with Crippen LogP contribution < -0.4 is 4.90 Å². The molecule has 1 fully saturated rings. The molecule has 0 aliphatic carbocycles. The number of carbonyl (C=O) groups is 2. The van der Waals surface area contributed by atoms with E-state index in [0.29, 0.717) is 31.4 Å². The van der Waals surface area contributed by atoms with Gasteiger partial charge in [-0.05, 0) is 48.9 Å². The number of carbonyl (C=O) groups excluding carboxylic acids is 2. The van der Waals surface area contributed by atoms with Crippen LogP contribution in [0.25, 0.3) is 0 Å². The fourth-order valence-electron chi connectivity index (χ4n) is 5.88. The third kappa shape index (κ3) is 5.62. The van der Waals surface area contributed by atoms with Gasteiger partial charge in [-0.25, -0.2) is 0 Å². The van der Waals surface area contributed by atoms with Gasteiger partial charge in [0.15, 0.2) is 0 Å². The Labute approximate surface area is 219 Å². The van der Waals surface area contributed by atoms with Gasteiger partial charge in [-0.2, -0.15) is 5.10 Å². The standard InChI is InChI=1S/C30H37N5O2/c1-3-17-33-18-16-28(31-33)30(37)32-21-25-11-7-8-12-29(25)34(23(2)36)19-15-26-13-14-27(22-32)35(26)20-24-9-5-4-6-10-24/h4-12,16,18,26-27H,3,13-15,17,19-22H2,1-2H3/t26-,27+/m0/s1. The molecule has 2 aliphatic heterocycles. The van der Waals surface area contributed by atoms with E-state index < -0.39 is 0 Å². The van der Waals surface area contributed by atoms with Gasteiger partial charge < -0.3 is 9.80 Å². The van der Waals surface area contributed by atoms with Crippen LogP contribution in [0.3, 0.4) is 0 Å². The predicted octanol–water partition coefficient (Wildman–Crippen LogP) is 4.73. The van der Waals surface area contributed by atoms with Crippen LogP contribution in [0.15, 0.2) is 66.9 Å². The highest BCUT2D eigenvalue weighted by Crippen LogP contribution is 2.33. The van der Waals surface area contributed by atoms with Gasteiger partial charge in [0.05, 0.1) is 0 Å². The molecule has 0 radical (unpaired) electrons. The number of nitrogens with zero attached hydrogens (tertiary/aromatic N) is 5. The van der Waals surface area contributed by atoms with Gasteiger partial charge in [-0.3, -0.25) is 19.2 Å². The molecule has 194 valence electrons. The van der Waals surface area contributed by atoms with Gasteiger partial charge in [0.1, 0.15) is 5.69 Å². The summed E-state index contributed by atoms with van der Waals surface area (Å²) in [6, 6.07) is 21.0. The molecule has 0 saturated carbocycles.